The molecule has 138 valence electrons. The van der Waals surface area contributed by atoms with Crippen molar-refractivity contribution in [3.8, 4) is 0 Å². The number of aromatic nitrogens is 4. The minimum atomic E-state index is -0.177. The van der Waals surface area contributed by atoms with Crippen molar-refractivity contribution in [3.63, 3.8) is 0 Å². The molecule has 0 aliphatic rings. The van der Waals surface area contributed by atoms with Crippen LogP contribution in [0.1, 0.15) is 18.3 Å². The van der Waals surface area contributed by atoms with Gasteiger partial charge in [0.15, 0.2) is 11.5 Å². The maximum Gasteiger partial charge on any atom is 0.240 e. The third-order valence-corrected chi connectivity index (χ3v) is 5.24. The van der Waals surface area contributed by atoms with Crippen LogP contribution in [-0.4, -0.2) is 37.1 Å². The Bertz CT molecular complexity index is 1070. The summed E-state index contributed by atoms with van der Waals surface area (Å²) in [5.74, 6) is 1.67. The number of fused-ring (bicyclic) bond motifs is 2. The van der Waals surface area contributed by atoms with Crippen LogP contribution in [0.2, 0.25) is 0 Å². The lowest BCUT2D eigenvalue weighted by Crippen LogP contribution is -2.33. The highest BCUT2D eigenvalue weighted by Crippen LogP contribution is 2.19. The molecule has 4 aromatic rings. The first-order valence-electron chi connectivity index (χ1n) is 8.88. The lowest BCUT2D eigenvalue weighted by molar-refractivity contribution is -0.122. The van der Waals surface area contributed by atoms with Gasteiger partial charge in [0, 0.05) is 17.9 Å². The second kappa shape index (κ2) is 7.84. The van der Waals surface area contributed by atoms with E-state index >= 15 is 0 Å². The summed E-state index contributed by atoms with van der Waals surface area (Å²) in [5, 5.41) is 12.8. The topological polar surface area (TPSA) is 64.2 Å². The molecule has 0 unspecified atom stereocenters. The van der Waals surface area contributed by atoms with E-state index in [1.165, 1.54) is 0 Å². The third kappa shape index (κ3) is 3.68. The van der Waals surface area contributed by atoms with E-state index in [9.17, 15) is 4.79 Å². The van der Waals surface area contributed by atoms with Crippen LogP contribution in [0, 0.1) is 0 Å². The summed E-state index contributed by atoms with van der Waals surface area (Å²) < 4.78 is 3.91. The van der Waals surface area contributed by atoms with E-state index in [-0.39, 0.29) is 18.5 Å². The molecule has 27 heavy (non-hydrogen) atoms. The molecule has 0 saturated carbocycles. The summed E-state index contributed by atoms with van der Waals surface area (Å²) in [6, 6.07) is 15.7. The number of hydrogen-bond donors (Lipinski definition) is 1. The third-order valence-electron chi connectivity index (χ3n) is 4.59. The average Bonchev–Trinajstić information content (AvgIpc) is 3.30. The highest BCUT2D eigenvalue weighted by Gasteiger charge is 2.20. The lowest BCUT2D eigenvalue weighted by Gasteiger charge is -2.17. The molecule has 3 heterocycles. The Morgan fingerprint density at radius 2 is 1.96 bits per heavy atom. The quantitative estimate of drug-likeness (QED) is 0.535. The molecule has 1 atom stereocenters. The predicted octanol–water partition coefficient (Wildman–Crippen LogP) is 3.29. The molecule has 0 radical (unpaired) electrons. The van der Waals surface area contributed by atoms with Gasteiger partial charge in [-0.2, -0.15) is 11.8 Å². The van der Waals surface area contributed by atoms with Gasteiger partial charge in [-0.05, 0) is 48.1 Å². The van der Waals surface area contributed by atoms with Crippen LogP contribution in [0.15, 0.2) is 60.9 Å². The first-order chi connectivity index (χ1) is 13.3. The van der Waals surface area contributed by atoms with Gasteiger partial charge in [-0.3, -0.25) is 9.20 Å². The summed E-state index contributed by atoms with van der Waals surface area (Å²) in [7, 11) is 0. The SMILES string of the molecule is CSCC[C@@H](NC(=O)Cn1ccc2ccccc21)c1nnc2ccccn12. The number of amides is 1. The van der Waals surface area contributed by atoms with E-state index in [0.717, 1.165) is 34.5 Å². The molecule has 0 fully saturated rings. The normalized spacial score (nSPS) is 12.5. The lowest BCUT2D eigenvalue weighted by atomic mass is 10.2. The molecule has 3 aromatic heterocycles. The molecule has 6 nitrogen and oxygen atoms in total. The zero-order valence-corrected chi connectivity index (χ0v) is 15.9. The number of thioether (sulfide) groups is 1. The van der Waals surface area contributed by atoms with Gasteiger partial charge in [0.05, 0.1) is 6.04 Å². The maximum atomic E-state index is 12.8. The Morgan fingerprint density at radius 1 is 1.11 bits per heavy atom. The van der Waals surface area contributed by atoms with Crippen molar-refractivity contribution in [3.05, 3.63) is 66.7 Å². The largest absolute Gasteiger partial charge is 0.344 e. The molecule has 0 bridgehead atoms. The summed E-state index contributed by atoms with van der Waals surface area (Å²) >= 11 is 1.75. The highest BCUT2D eigenvalue weighted by atomic mass is 32.2. The fourth-order valence-electron chi connectivity index (χ4n) is 3.27. The molecular formula is C20H21N5OS. The van der Waals surface area contributed by atoms with Gasteiger partial charge < -0.3 is 9.88 Å². The van der Waals surface area contributed by atoms with Crippen LogP contribution >= 0.6 is 11.8 Å². The zero-order chi connectivity index (χ0) is 18.6. The van der Waals surface area contributed by atoms with Gasteiger partial charge in [-0.1, -0.05) is 24.3 Å². The molecule has 1 N–H and O–H groups in total. The number of pyridine rings is 1. The fraction of sp³-hybridized carbons (Fsp3) is 0.250. The molecule has 4 rings (SSSR count). The first-order valence-corrected chi connectivity index (χ1v) is 10.3. The van der Waals surface area contributed by atoms with E-state index in [4.69, 9.17) is 0 Å². The number of nitrogens with zero attached hydrogens (tertiary/aromatic N) is 4. The van der Waals surface area contributed by atoms with Gasteiger partial charge in [-0.25, -0.2) is 0 Å². The number of nitrogens with one attached hydrogen (secondary N) is 1. The molecule has 0 saturated heterocycles. The Labute approximate surface area is 161 Å². The van der Waals surface area contributed by atoms with Crippen molar-refractivity contribution in [2.75, 3.05) is 12.0 Å². The fourth-order valence-corrected chi connectivity index (χ4v) is 3.74. The smallest absolute Gasteiger partial charge is 0.240 e. The minimum absolute atomic E-state index is 0.0323. The average molecular weight is 379 g/mol. The van der Waals surface area contributed by atoms with Gasteiger partial charge in [0.2, 0.25) is 5.91 Å². The number of carbonyl (C=O) groups is 1. The molecule has 0 aliphatic carbocycles. The van der Waals surface area contributed by atoms with E-state index in [2.05, 4.69) is 21.8 Å². The van der Waals surface area contributed by atoms with Crippen LogP contribution in [-0.2, 0) is 11.3 Å². The van der Waals surface area contributed by atoms with Crippen molar-refractivity contribution in [2.45, 2.75) is 19.0 Å². The van der Waals surface area contributed by atoms with E-state index in [1.807, 2.05) is 69.9 Å². The standard InChI is InChI=1S/C20H21N5OS/c1-27-13-10-16(20-23-22-18-8-4-5-11-25(18)20)21-19(26)14-24-12-9-15-6-2-3-7-17(15)24/h2-9,11-12,16H,10,13-14H2,1H3,(H,21,26)/t16-/m1/s1. The molecule has 0 aliphatic heterocycles. The van der Waals surface area contributed by atoms with Crippen molar-refractivity contribution >= 4 is 34.2 Å². The summed E-state index contributed by atoms with van der Waals surface area (Å²) in [6.45, 7) is 0.278. The van der Waals surface area contributed by atoms with Gasteiger partial charge in [0.1, 0.15) is 6.54 Å². The minimum Gasteiger partial charge on any atom is -0.344 e. The number of hydrogen-bond acceptors (Lipinski definition) is 4. The zero-order valence-electron chi connectivity index (χ0n) is 15.1. The van der Waals surface area contributed by atoms with Crippen LogP contribution in [0.5, 0.6) is 0 Å². The molecule has 7 heteroatoms. The molecule has 0 spiro atoms. The summed E-state index contributed by atoms with van der Waals surface area (Å²) in [6.07, 6.45) is 6.75. The monoisotopic (exact) mass is 379 g/mol. The molecule has 1 aromatic carbocycles. The highest BCUT2D eigenvalue weighted by molar-refractivity contribution is 7.98. The van der Waals surface area contributed by atoms with E-state index in [0.29, 0.717) is 0 Å². The Morgan fingerprint density at radius 3 is 2.85 bits per heavy atom. The second-order valence-electron chi connectivity index (χ2n) is 6.39. The number of rotatable bonds is 7. The van der Waals surface area contributed by atoms with Crippen molar-refractivity contribution in [1.82, 2.24) is 24.5 Å². The van der Waals surface area contributed by atoms with Gasteiger partial charge >= 0.3 is 0 Å². The maximum absolute atomic E-state index is 12.8. The van der Waals surface area contributed by atoms with Crippen molar-refractivity contribution in [2.24, 2.45) is 0 Å². The summed E-state index contributed by atoms with van der Waals surface area (Å²) in [4.78, 5) is 12.8. The Balaban J connectivity index is 1.55. The predicted molar refractivity (Wildman–Crippen MR) is 109 cm³/mol. The first kappa shape index (κ1) is 17.6. The molecular weight excluding hydrogens is 358 g/mol. The van der Waals surface area contributed by atoms with E-state index < -0.39 is 0 Å². The Kier molecular flexibility index (Phi) is 5.11. The summed E-state index contributed by atoms with van der Waals surface area (Å²) in [5.41, 5.74) is 1.84. The molecule has 1 amide bonds. The second-order valence-corrected chi connectivity index (χ2v) is 7.38. The van der Waals surface area contributed by atoms with Crippen LogP contribution in [0.4, 0.5) is 0 Å². The van der Waals surface area contributed by atoms with Gasteiger partial charge in [0.25, 0.3) is 0 Å². The number of carbonyl (C=O) groups excluding carboxylic acids is 1. The van der Waals surface area contributed by atoms with Gasteiger partial charge in [-0.15, -0.1) is 10.2 Å². The van der Waals surface area contributed by atoms with E-state index in [1.54, 1.807) is 11.8 Å². The van der Waals surface area contributed by atoms with Crippen LogP contribution in [0.3, 0.4) is 0 Å². The van der Waals surface area contributed by atoms with Crippen molar-refractivity contribution in [1.29, 1.82) is 0 Å². The number of benzene rings is 1. The number of para-hydroxylation sites is 1. The van der Waals surface area contributed by atoms with Crippen LogP contribution in [0.25, 0.3) is 16.6 Å². The Hall–Kier alpha value is -2.80. The van der Waals surface area contributed by atoms with Crippen LogP contribution < -0.4 is 5.32 Å². The van der Waals surface area contributed by atoms with Crippen molar-refractivity contribution < 1.29 is 4.79 Å².